The van der Waals surface area contributed by atoms with Crippen LogP contribution in [-0.2, 0) is 24.5 Å². The van der Waals surface area contributed by atoms with E-state index in [1.807, 2.05) is 12.1 Å². The Kier molecular flexibility index (Phi) is 4.49. The summed E-state index contributed by atoms with van der Waals surface area (Å²) in [6.45, 7) is 5.26. The third-order valence-electron chi connectivity index (χ3n) is 9.00. The van der Waals surface area contributed by atoms with E-state index in [0.29, 0.717) is 6.04 Å². The summed E-state index contributed by atoms with van der Waals surface area (Å²) in [5, 5.41) is 3.02. The van der Waals surface area contributed by atoms with Gasteiger partial charge in [0, 0.05) is 44.9 Å². The Morgan fingerprint density at radius 1 is 1.27 bits per heavy atom. The maximum atomic E-state index is 12.4. The first-order valence-corrected chi connectivity index (χ1v) is 11.8. The molecule has 1 saturated carbocycles. The number of carbonyl (C=O) groups is 2. The van der Waals surface area contributed by atoms with Crippen molar-refractivity contribution in [2.75, 3.05) is 14.2 Å². The third kappa shape index (κ3) is 2.56. The molecular weight excluding hydrogens is 422 g/mol. The van der Waals surface area contributed by atoms with Gasteiger partial charge >= 0.3 is 5.97 Å². The minimum absolute atomic E-state index is 0.102. The molecule has 8 nitrogen and oxygen atoms in total. The van der Waals surface area contributed by atoms with Gasteiger partial charge in [-0.25, -0.2) is 0 Å². The van der Waals surface area contributed by atoms with Crippen molar-refractivity contribution >= 4 is 23.3 Å². The van der Waals surface area contributed by atoms with Crippen molar-refractivity contribution in [3.05, 3.63) is 23.8 Å². The van der Waals surface area contributed by atoms with E-state index in [4.69, 9.17) is 19.2 Å². The highest BCUT2D eigenvalue weighted by molar-refractivity contribution is 6.08. The molecule has 5 fully saturated rings. The molecule has 6 aliphatic rings. The van der Waals surface area contributed by atoms with E-state index >= 15 is 0 Å². The predicted molar refractivity (Wildman–Crippen MR) is 121 cm³/mol. The first-order valence-electron chi connectivity index (χ1n) is 11.8. The number of rotatable bonds is 5. The number of methoxy groups -OCH3 is 2. The van der Waals surface area contributed by atoms with Gasteiger partial charge in [0.05, 0.1) is 30.0 Å². The molecular formula is C25H31N3O5. The van der Waals surface area contributed by atoms with Crippen LogP contribution in [0.2, 0.25) is 0 Å². The van der Waals surface area contributed by atoms with E-state index in [9.17, 15) is 9.59 Å². The highest BCUT2D eigenvalue weighted by Gasteiger charge is 2.75. The second kappa shape index (κ2) is 7.03. The number of benzene rings is 1. The molecule has 10 atom stereocenters. The zero-order chi connectivity index (χ0) is 23.2. The average Bonchev–Trinajstić information content (AvgIpc) is 3.24. The van der Waals surface area contributed by atoms with Gasteiger partial charge in [-0.2, -0.15) is 0 Å². The average molecular weight is 454 g/mol. The smallest absolute Gasteiger partial charge is 0.302 e. The van der Waals surface area contributed by atoms with E-state index in [0.717, 1.165) is 35.6 Å². The summed E-state index contributed by atoms with van der Waals surface area (Å²) in [7, 11) is 3.33. The lowest BCUT2D eigenvalue weighted by Crippen LogP contribution is -2.72. The van der Waals surface area contributed by atoms with E-state index in [2.05, 4.69) is 23.2 Å². The van der Waals surface area contributed by atoms with Gasteiger partial charge in [0.25, 0.3) is 0 Å². The van der Waals surface area contributed by atoms with E-state index in [-0.39, 0.29) is 54.0 Å². The van der Waals surface area contributed by atoms with Gasteiger partial charge in [0.1, 0.15) is 18.1 Å². The molecule has 2 unspecified atom stereocenters. The molecule has 1 aromatic rings. The summed E-state index contributed by atoms with van der Waals surface area (Å²) in [6.07, 6.45) is 1.14. The molecule has 4 saturated heterocycles. The van der Waals surface area contributed by atoms with Gasteiger partial charge in [0.15, 0.2) is 0 Å². The molecule has 0 aromatic heterocycles. The number of carbonyl (C=O) groups excluding carboxylic acids is 2. The van der Waals surface area contributed by atoms with Crippen molar-refractivity contribution in [3.8, 4) is 5.75 Å². The predicted octanol–water partition coefficient (Wildman–Crippen LogP) is 2.17. The van der Waals surface area contributed by atoms with Crippen LogP contribution >= 0.6 is 0 Å². The maximum absolute atomic E-state index is 12.4. The topological polar surface area (TPSA) is 89.5 Å². The van der Waals surface area contributed by atoms with Crippen LogP contribution < -0.4 is 10.1 Å². The second-order valence-electron chi connectivity index (χ2n) is 10.3. The molecule has 1 aromatic carbocycles. The number of nitrogens with one attached hydrogen (secondary N) is 1. The molecule has 7 rings (SSSR count). The monoisotopic (exact) mass is 453 g/mol. The van der Waals surface area contributed by atoms with Gasteiger partial charge in [-0.15, -0.1) is 0 Å². The molecule has 1 aliphatic carbocycles. The fraction of sp³-hybridized carbons (Fsp3) is 0.640. The Hall–Kier alpha value is -2.45. The van der Waals surface area contributed by atoms with Crippen molar-refractivity contribution < 1.29 is 23.8 Å². The molecule has 1 spiro atoms. The molecule has 0 radical (unpaired) electrons. The number of piperidine rings is 4. The first kappa shape index (κ1) is 21.1. The van der Waals surface area contributed by atoms with E-state index in [1.165, 1.54) is 13.8 Å². The normalized spacial score (nSPS) is 41.8. The van der Waals surface area contributed by atoms with Crippen LogP contribution in [0, 0.1) is 17.8 Å². The molecule has 5 bridgehead atoms. The van der Waals surface area contributed by atoms with Crippen molar-refractivity contribution in [1.29, 1.82) is 0 Å². The van der Waals surface area contributed by atoms with Gasteiger partial charge < -0.3 is 19.5 Å². The lowest BCUT2D eigenvalue weighted by molar-refractivity contribution is -0.172. The number of amides is 1. The summed E-state index contributed by atoms with van der Waals surface area (Å²) < 4.78 is 17.6. The Morgan fingerprint density at radius 3 is 2.73 bits per heavy atom. The van der Waals surface area contributed by atoms with Gasteiger partial charge in [-0.3, -0.25) is 19.5 Å². The number of fused-ring (bicyclic) bond motifs is 2. The van der Waals surface area contributed by atoms with E-state index < -0.39 is 5.41 Å². The van der Waals surface area contributed by atoms with Crippen LogP contribution in [0.25, 0.3) is 0 Å². The third-order valence-corrected chi connectivity index (χ3v) is 9.00. The van der Waals surface area contributed by atoms with Crippen molar-refractivity contribution in [2.45, 2.75) is 69.5 Å². The van der Waals surface area contributed by atoms with Crippen LogP contribution in [0.3, 0.4) is 0 Å². The summed E-state index contributed by atoms with van der Waals surface area (Å²) in [4.78, 5) is 32.1. The Labute approximate surface area is 193 Å². The summed E-state index contributed by atoms with van der Waals surface area (Å²) >= 11 is 0. The van der Waals surface area contributed by atoms with Crippen molar-refractivity contribution in [3.63, 3.8) is 0 Å². The Balaban J connectivity index is 1.51. The van der Waals surface area contributed by atoms with Crippen LogP contribution in [0.4, 0.5) is 5.69 Å². The Morgan fingerprint density at radius 2 is 2.06 bits per heavy atom. The molecule has 5 heterocycles. The maximum Gasteiger partial charge on any atom is 0.302 e. The molecule has 1 N–H and O–H groups in total. The van der Waals surface area contributed by atoms with Crippen molar-refractivity contribution in [2.24, 2.45) is 22.7 Å². The summed E-state index contributed by atoms with van der Waals surface area (Å²) in [5.74, 6) is 0.943. The van der Waals surface area contributed by atoms with Gasteiger partial charge in [-0.1, -0.05) is 0 Å². The number of aliphatic imine (C=N–C) groups is 1. The molecule has 8 heteroatoms. The quantitative estimate of drug-likeness (QED) is 0.543. The number of nitrogens with zero attached hydrogens (tertiary/aromatic N) is 2. The van der Waals surface area contributed by atoms with Crippen LogP contribution in [0.1, 0.15) is 39.2 Å². The largest absolute Gasteiger partial charge is 0.497 e. The lowest BCUT2D eigenvalue weighted by Gasteiger charge is -2.62. The van der Waals surface area contributed by atoms with Gasteiger partial charge in [-0.05, 0) is 49.4 Å². The van der Waals surface area contributed by atoms with Crippen LogP contribution in [-0.4, -0.2) is 67.2 Å². The zero-order valence-electron chi connectivity index (χ0n) is 19.7. The highest BCUT2D eigenvalue weighted by Crippen LogP contribution is 2.67. The fourth-order valence-electron chi connectivity index (χ4n) is 8.20. The van der Waals surface area contributed by atoms with Crippen molar-refractivity contribution in [1.82, 2.24) is 10.2 Å². The minimum atomic E-state index is -0.411. The van der Waals surface area contributed by atoms with Crippen LogP contribution in [0.15, 0.2) is 23.2 Å². The molecule has 33 heavy (non-hydrogen) atoms. The number of esters is 1. The standard InChI is InChI=1S/C25H31N3O5/c1-11-20(24(32-5)26-12(2)29)15-9-18-22-25(16-8-14(31-4)6-7-17(16)27-22)10-19(28(11)18)21(15)23(25)33-13(3)30/h6-8,11,15,18-21,23-24H,9-10H2,1-5H3,(H,26,29)/t11-,15-,18-,19-,20-,21-,23+,24?,25+/m0/s1. The fourth-order valence-corrected chi connectivity index (χ4v) is 8.20. The molecule has 1 amide bonds. The van der Waals surface area contributed by atoms with Crippen LogP contribution in [0.5, 0.6) is 5.75 Å². The SMILES string of the molecule is COc1ccc2c(c1)[C@]13C[C@H]4[C@H]([C@H]5C[C@@H](C1=N2)N4[C@@H](C)[C@@H]5C(NC(C)=O)OC)[C@H]3OC(C)=O. The number of hydrogen-bond donors (Lipinski definition) is 1. The highest BCUT2D eigenvalue weighted by atomic mass is 16.5. The number of hydrogen-bond acceptors (Lipinski definition) is 7. The molecule has 176 valence electrons. The van der Waals surface area contributed by atoms with Gasteiger partial charge in [0.2, 0.25) is 5.91 Å². The zero-order valence-corrected chi connectivity index (χ0v) is 19.7. The summed E-state index contributed by atoms with van der Waals surface area (Å²) in [6, 6.07) is 6.77. The van der Waals surface area contributed by atoms with E-state index in [1.54, 1.807) is 14.2 Å². The lowest BCUT2D eigenvalue weighted by atomic mass is 9.61. The summed E-state index contributed by atoms with van der Waals surface area (Å²) in [5.41, 5.74) is 2.81. The number of ether oxygens (including phenoxy) is 3. The second-order valence-corrected chi connectivity index (χ2v) is 10.3. The molecule has 5 aliphatic heterocycles. The minimum Gasteiger partial charge on any atom is -0.497 e. The Bertz CT molecular complexity index is 1070. The first-order chi connectivity index (χ1) is 15.8.